The lowest BCUT2D eigenvalue weighted by Gasteiger charge is -2.13. The molecule has 0 radical (unpaired) electrons. The van der Waals surface area contributed by atoms with E-state index in [9.17, 15) is 8.42 Å². The molecular weight excluding hydrogens is 352 g/mol. The number of aromatic nitrogens is 6. The van der Waals surface area contributed by atoms with Crippen molar-refractivity contribution < 1.29 is 8.42 Å². The highest BCUT2D eigenvalue weighted by molar-refractivity contribution is 7.91. The van der Waals surface area contributed by atoms with Crippen LogP contribution in [0.1, 0.15) is 24.0 Å². The molecule has 1 aliphatic heterocycles. The van der Waals surface area contributed by atoms with E-state index in [0.29, 0.717) is 23.9 Å². The third kappa shape index (κ3) is 3.10. The van der Waals surface area contributed by atoms with Gasteiger partial charge in [0.2, 0.25) is 0 Å². The molecule has 1 atom stereocenters. The molecule has 1 saturated heterocycles. The zero-order chi connectivity index (χ0) is 18.3. The van der Waals surface area contributed by atoms with Gasteiger partial charge < -0.3 is 0 Å². The molecule has 0 N–H and O–H groups in total. The molecule has 9 heteroatoms. The minimum Gasteiger partial charge on any atom is -0.264 e. The average Bonchev–Trinajstić information content (AvgIpc) is 3.17. The third-order valence-corrected chi connectivity index (χ3v) is 6.18. The van der Waals surface area contributed by atoms with E-state index >= 15 is 0 Å². The van der Waals surface area contributed by atoms with Crippen LogP contribution in [0.3, 0.4) is 0 Å². The van der Waals surface area contributed by atoms with Crippen LogP contribution in [-0.4, -0.2) is 49.6 Å². The Labute approximate surface area is 151 Å². The first-order chi connectivity index (χ1) is 12.4. The molecule has 3 aromatic heterocycles. The number of hydrogen-bond acceptors (Lipinski definition) is 7. The van der Waals surface area contributed by atoms with Gasteiger partial charge in [-0.25, -0.2) is 28.1 Å². The van der Waals surface area contributed by atoms with E-state index in [0.717, 1.165) is 16.8 Å². The van der Waals surface area contributed by atoms with E-state index in [-0.39, 0.29) is 17.5 Å². The Morgan fingerprint density at radius 3 is 2.69 bits per heavy atom. The third-order valence-electron chi connectivity index (χ3n) is 4.43. The van der Waals surface area contributed by atoms with Crippen molar-refractivity contribution in [3.8, 4) is 22.8 Å². The highest BCUT2D eigenvalue weighted by Gasteiger charge is 2.32. The van der Waals surface area contributed by atoms with Gasteiger partial charge in [0.05, 0.1) is 28.8 Å². The van der Waals surface area contributed by atoms with E-state index in [4.69, 9.17) is 0 Å². The largest absolute Gasteiger partial charge is 0.264 e. The van der Waals surface area contributed by atoms with Crippen LogP contribution >= 0.6 is 0 Å². The molecular formula is C17H18N6O2S. The van der Waals surface area contributed by atoms with Gasteiger partial charge in [0, 0.05) is 24.2 Å². The first kappa shape index (κ1) is 16.8. The summed E-state index contributed by atoms with van der Waals surface area (Å²) < 4.78 is 25.4. The lowest BCUT2D eigenvalue weighted by Crippen LogP contribution is -2.14. The Hall–Kier alpha value is -2.68. The zero-order valence-corrected chi connectivity index (χ0v) is 15.3. The van der Waals surface area contributed by atoms with Gasteiger partial charge in [0.25, 0.3) is 0 Å². The number of pyridine rings is 1. The predicted molar refractivity (Wildman–Crippen MR) is 96.1 cm³/mol. The highest BCUT2D eigenvalue weighted by Crippen LogP contribution is 2.29. The molecule has 134 valence electrons. The minimum atomic E-state index is -3.01. The summed E-state index contributed by atoms with van der Waals surface area (Å²) in [5, 5.41) is 4.43. The summed E-state index contributed by atoms with van der Waals surface area (Å²) in [5.41, 5.74) is 2.34. The Morgan fingerprint density at radius 1 is 1.19 bits per heavy atom. The zero-order valence-electron chi connectivity index (χ0n) is 14.5. The van der Waals surface area contributed by atoms with E-state index in [2.05, 4.69) is 25.0 Å². The maximum Gasteiger partial charge on any atom is 0.162 e. The summed E-state index contributed by atoms with van der Waals surface area (Å²) in [7, 11) is -3.01. The van der Waals surface area contributed by atoms with Crippen molar-refractivity contribution in [1.82, 2.24) is 29.7 Å². The fraction of sp³-hybridized carbons (Fsp3) is 0.353. The molecule has 0 aliphatic carbocycles. The van der Waals surface area contributed by atoms with Gasteiger partial charge in [-0.1, -0.05) is 0 Å². The molecule has 4 heterocycles. The molecule has 4 rings (SSSR count). The predicted octanol–water partition coefficient (Wildman–Crippen LogP) is 1.77. The van der Waals surface area contributed by atoms with Crippen molar-refractivity contribution in [2.75, 3.05) is 11.5 Å². The van der Waals surface area contributed by atoms with Crippen LogP contribution in [0.2, 0.25) is 0 Å². The first-order valence-electron chi connectivity index (χ1n) is 8.31. The van der Waals surface area contributed by atoms with E-state index < -0.39 is 9.84 Å². The molecule has 1 fully saturated rings. The maximum absolute atomic E-state index is 11.8. The monoisotopic (exact) mass is 370 g/mol. The lowest BCUT2D eigenvalue weighted by molar-refractivity contribution is 0.501. The second-order valence-corrected chi connectivity index (χ2v) is 8.65. The Kier molecular flexibility index (Phi) is 4.03. The van der Waals surface area contributed by atoms with Crippen molar-refractivity contribution in [3.05, 3.63) is 42.2 Å². The summed E-state index contributed by atoms with van der Waals surface area (Å²) in [6.45, 7) is 3.68. The SMILES string of the molecule is Cc1nc(-c2cnc(-c3cccnc3)nc2C)n([C@@H]2CCS(=O)(=O)C2)n1. The molecule has 0 unspecified atom stereocenters. The van der Waals surface area contributed by atoms with Crippen LogP contribution in [-0.2, 0) is 9.84 Å². The second kappa shape index (κ2) is 6.24. The van der Waals surface area contributed by atoms with Crippen LogP contribution in [0.4, 0.5) is 0 Å². The summed E-state index contributed by atoms with van der Waals surface area (Å²) in [4.78, 5) is 17.6. The molecule has 1 aliphatic rings. The van der Waals surface area contributed by atoms with Gasteiger partial charge in [-0.2, -0.15) is 5.10 Å². The van der Waals surface area contributed by atoms with Gasteiger partial charge in [-0.3, -0.25) is 4.98 Å². The van der Waals surface area contributed by atoms with Gasteiger partial charge in [0.1, 0.15) is 5.82 Å². The number of hydrogen-bond donors (Lipinski definition) is 0. The van der Waals surface area contributed by atoms with Crippen LogP contribution < -0.4 is 0 Å². The quantitative estimate of drug-likeness (QED) is 0.692. The van der Waals surface area contributed by atoms with E-state index in [1.165, 1.54) is 0 Å². The van der Waals surface area contributed by atoms with Crippen LogP contribution in [0, 0.1) is 13.8 Å². The fourth-order valence-electron chi connectivity index (χ4n) is 3.16. The molecule has 26 heavy (non-hydrogen) atoms. The number of rotatable bonds is 3. The van der Waals surface area contributed by atoms with Crippen LogP contribution in [0.5, 0.6) is 0 Å². The molecule has 0 saturated carbocycles. The average molecular weight is 370 g/mol. The van der Waals surface area contributed by atoms with Crippen molar-refractivity contribution in [2.24, 2.45) is 0 Å². The second-order valence-electron chi connectivity index (χ2n) is 6.42. The summed E-state index contributed by atoms with van der Waals surface area (Å²) in [6, 6.07) is 3.54. The van der Waals surface area contributed by atoms with Gasteiger partial charge >= 0.3 is 0 Å². The lowest BCUT2D eigenvalue weighted by atomic mass is 10.2. The van der Waals surface area contributed by atoms with Gasteiger partial charge in [-0.05, 0) is 32.4 Å². The van der Waals surface area contributed by atoms with Crippen molar-refractivity contribution in [1.29, 1.82) is 0 Å². The summed E-state index contributed by atoms with van der Waals surface area (Å²) in [5.74, 6) is 2.08. The van der Waals surface area contributed by atoms with E-state index in [1.54, 1.807) is 30.2 Å². The number of nitrogens with zero attached hydrogens (tertiary/aromatic N) is 6. The molecule has 0 bridgehead atoms. The van der Waals surface area contributed by atoms with Crippen molar-refractivity contribution in [3.63, 3.8) is 0 Å². The first-order valence-corrected chi connectivity index (χ1v) is 10.1. The molecule has 3 aromatic rings. The maximum atomic E-state index is 11.8. The van der Waals surface area contributed by atoms with Crippen molar-refractivity contribution in [2.45, 2.75) is 26.3 Å². The topological polar surface area (TPSA) is 104 Å². The summed E-state index contributed by atoms with van der Waals surface area (Å²) >= 11 is 0. The van der Waals surface area contributed by atoms with Gasteiger partial charge in [-0.15, -0.1) is 0 Å². The minimum absolute atomic E-state index is 0.0937. The Bertz CT molecular complexity index is 1060. The Morgan fingerprint density at radius 2 is 2.04 bits per heavy atom. The number of aryl methyl sites for hydroxylation is 2. The number of sulfone groups is 1. The van der Waals surface area contributed by atoms with Crippen molar-refractivity contribution >= 4 is 9.84 Å². The highest BCUT2D eigenvalue weighted by atomic mass is 32.2. The molecule has 8 nitrogen and oxygen atoms in total. The Balaban J connectivity index is 1.75. The molecule has 0 aromatic carbocycles. The standard InChI is InChI=1S/C17H18N6O2S/c1-11-15(9-19-16(20-11)13-4-3-6-18-8-13)17-21-12(2)22-23(17)14-5-7-26(24,25)10-14/h3-4,6,8-9,14H,5,7,10H2,1-2H3/t14-/m1/s1. The fourth-order valence-corrected chi connectivity index (χ4v) is 4.85. The van der Waals surface area contributed by atoms with Crippen LogP contribution in [0.25, 0.3) is 22.8 Å². The smallest absolute Gasteiger partial charge is 0.162 e. The normalized spacial score (nSPS) is 18.9. The van der Waals surface area contributed by atoms with Crippen LogP contribution in [0.15, 0.2) is 30.7 Å². The van der Waals surface area contributed by atoms with E-state index in [1.807, 2.05) is 19.1 Å². The summed E-state index contributed by atoms with van der Waals surface area (Å²) in [6.07, 6.45) is 5.68. The molecule has 0 amide bonds. The molecule has 0 spiro atoms. The van der Waals surface area contributed by atoms with Gasteiger partial charge in [0.15, 0.2) is 21.5 Å².